The Morgan fingerprint density at radius 2 is 2.14 bits per heavy atom. The maximum atomic E-state index is 13.8. The molecule has 0 unspecified atom stereocenters. The van der Waals surface area contributed by atoms with Crippen molar-refractivity contribution in [2.75, 3.05) is 12.9 Å². The number of thioether (sulfide) groups is 1. The highest BCUT2D eigenvalue weighted by Crippen LogP contribution is 2.22. The Bertz CT molecular complexity index is 799. The van der Waals surface area contributed by atoms with Gasteiger partial charge in [-0.05, 0) is 24.3 Å². The van der Waals surface area contributed by atoms with Crippen LogP contribution in [0.4, 0.5) is 4.39 Å². The number of methoxy groups -OCH3 is 1. The molecule has 112 valence electrons. The lowest BCUT2D eigenvalue weighted by atomic mass is 10.1. The molecule has 0 bridgehead atoms. The van der Waals surface area contributed by atoms with Crippen LogP contribution >= 0.6 is 11.8 Å². The van der Waals surface area contributed by atoms with E-state index >= 15 is 0 Å². The SMILES string of the molecule is COc1ccc(C(=O)CSc2nc3ccccc3[nH]2)c(F)c1. The van der Waals surface area contributed by atoms with E-state index in [9.17, 15) is 9.18 Å². The number of ether oxygens (including phenoxy) is 1. The summed E-state index contributed by atoms with van der Waals surface area (Å²) in [5.74, 6) is -0.359. The fraction of sp³-hybridized carbons (Fsp3) is 0.125. The minimum Gasteiger partial charge on any atom is -0.497 e. The summed E-state index contributed by atoms with van der Waals surface area (Å²) in [5, 5.41) is 0.642. The molecule has 2 aromatic carbocycles. The van der Waals surface area contributed by atoms with Gasteiger partial charge in [0, 0.05) is 6.07 Å². The zero-order chi connectivity index (χ0) is 15.5. The molecule has 22 heavy (non-hydrogen) atoms. The maximum Gasteiger partial charge on any atom is 0.176 e. The monoisotopic (exact) mass is 316 g/mol. The third-order valence-corrected chi connectivity index (χ3v) is 4.06. The Morgan fingerprint density at radius 3 is 2.86 bits per heavy atom. The lowest BCUT2D eigenvalue weighted by Crippen LogP contribution is -2.05. The van der Waals surface area contributed by atoms with E-state index < -0.39 is 5.82 Å². The molecule has 0 aliphatic rings. The smallest absolute Gasteiger partial charge is 0.176 e. The molecule has 0 aliphatic carbocycles. The number of carbonyl (C=O) groups is 1. The largest absolute Gasteiger partial charge is 0.497 e. The molecule has 3 rings (SSSR count). The molecule has 0 spiro atoms. The summed E-state index contributed by atoms with van der Waals surface area (Å²) in [7, 11) is 1.45. The van der Waals surface area contributed by atoms with Gasteiger partial charge in [0.1, 0.15) is 11.6 Å². The summed E-state index contributed by atoms with van der Waals surface area (Å²) in [5.41, 5.74) is 1.81. The first-order valence-corrected chi connectivity index (χ1v) is 7.60. The first kappa shape index (κ1) is 14.6. The van der Waals surface area contributed by atoms with E-state index in [1.165, 1.54) is 31.0 Å². The van der Waals surface area contributed by atoms with Gasteiger partial charge < -0.3 is 9.72 Å². The van der Waals surface area contributed by atoms with Crippen LogP contribution in [0.1, 0.15) is 10.4 Å². The lowest BCUT2D eigenvalue weighted by molar-refractivity contribution is 0.101. The van der Waals surface area contributed by atoms with E-state index in [1.54, 1.807) is 6.07 Å². The molecule has 6 heteroatoms. The Morgan fingerprint density at radius 1 is 1.32 bits per heavy atom. The molecule has 0 fully saturated rings. The van der Waals surface area contributed by atoms with Crippen molar-refractivity contribution in [1.29, 1.82) is 0 Å². The second-order valence-electron chi connectivity index (χ2n) is 4.62. The Kier molecular flexibility index (Phi) is 4.11. The number of para-hydroxylation sites is 2. The normalized spacial score (nSPS) is 10.8. The molecular formula is C16H13FN2O2S. The second kappa shape index (κ2) is 6.19. The number of rotatable bonds is 5. The minimum atomic E-state index is -0.574. The van der Waals surface area contributed by atoms with Gasteiger partial charge in [-0.3, -0.25) is 4.79 Å². The second-order valence-corrected chi connectivity index (χ2v) is 5.58. The summed E-state index contributed by atoms with van der Waals surface area (Å²) < 4.78 is 18.8. The third kappa shape index (κ3) is 2.96. The number of ketones is 1. The average Bonchev–Trinajstić information content (AvgIpc) is 2.95. The molecule has 0 radical (unpaired) electrons. The number of halogens is 1. The van der Waals surface area contributed by atoms with Crippen LogP contribution in [-0.4, -0.2) is 28.6 Å². The van der Waals surface area contributed by atoms with Crippen LogP contribution in [-0.2, 0) is 0 Å². The summed E-state index contributed by atoms with van der Waals surface area (Å²) in [6, 6.07) is 11.8. The molecule has 0 saturated carbocycles. The quantitative estimate of drug-likeness (QED) is 0.576. The van der Waals surface area contributed by atoms with Crippen molar-refractivity contribution in [3.63, 3.8) is 0 Å². The Labute approximate surface area is 130 Å². The third-order valence-electron chi connectivity index (χ3n) is 3.18. The van der Waals surface area contributed by atoms with Crippen LogP contribution in [0.5, 0.6) is 5.75 Å². The van der Waals surface area contributed by atoms with Gasteiger partial charge in [-0.25, -0.2) is 9.37 Å². The summed E-state index contributed by atoms with van der Waals surface area (Å²) in [6.07, 6.45) is 0. The highest BCUT2D eigenvalue weighted by Gasteiger charge is 2.14. The van der Waals surface area contributed by atoms with Crippen molar-refractivity contribution in [1.82, 2.24) is 9.97 Å². The highest BCUT2D eigenvalue weighted by molar-refractivity contribution is 7.99. The van der Waals surface area contributed by atoms with Crippen molar-refractivity contribution in [3.8, 4) is 5.75 Å². The zero-order valence-corrected chi connectivity index (χ0v) is 12.6. The van der Waals surface area contributed by atoms with Crippen LogP contribution in [0.2, 0.25) is 0 Å². The van der Waals surface area contributed by atoms with Crippen molar-refractivity contribution >= 4 is 28.6 Å². The topological polar surface area (TPSA) is 55.0 Å². The van der Waals surface area contributed by atoms with E-state index in [4.69, 9.17) is 4.74 Å². The predicted octanol–water partition coefficient (Wildman–Crippen LogP) is 3.69. The molecule has 0 amide bonds. The van der Waals surface area contributed by atoms with Crippen LogP contribution in [0.3, 0.4) is 0 Å². The fourth-order valence-electron chi connectivity index (χ4n) is 2.06. The van der Waals surface area contributed by atoms with Gasteiger partial charge in [0.05, 0.1) is 29.5 Å². The summed E-state index contributed by atoms with van der Waals surface area (Å²) >= 11 is 1.25. The van der Waals surface area contributed by atoms with Crippen molar-refractivity contribution < 1.29 is 13.9 Å². The van der Waals surface area contributed by atoms with Gasteiger partial charge >= 0.3 is 0 Å². The number of aromatic amines is 1. The molecule has 0 aliphatic heterocycles. The van der Waals surface area contributed by atoms with Gasteiger partial charge in [0.15, 0.2) is 10.9 Å². The van der Waals surface area contributed by atoms with E-state index in [0.29, 0.717) is 10.9 Å². The number of hydrogen-bond acceptors (Lipinski definition) is 4. The fourth-order valence-corrected chi connectivity index (χ4v) is 2.83. The number of imidazole rings is 1. The number of carbonyl (C=O) groups excluding carboxylic acids is 1. The first-order valence-electron chi connectivity index (χ1n) is 6.61. The highest BCUT2D eigenvalue weighted by atomic mass is 32.2. The Balaban J connectivity index is 1.71. The maximum absolute atomic E-state index is 13.8. The minimum absolute atomic E-state index is 0.0596. The number of fused-ring (bicyclic) bond motifs is 1. The van der Waals surface area contributed by atoms with Crippen molar-refractivity contribution in [2.45, 2.75) is 5.16 Å². The van der Waals surface area contributed by atoms with Gasteiger partial charge in [-0.15, -0.1) is 0 Å². The van der Waals surface area contributed by atoms with E-state index in [2.05, 4.69) is 9.97 Å². The number of aromatic nitrogens is 2. The molecule has 1 N–H and O–H groups in total. The van der Waals surface area contributed by atoms with E-state index in [0.717, 1.165) is 11.0 Å². The van der Waals surface area contributed by atoms with Gasteiger partial charge in [-0.2, -0.15) is 0 Å². The van der Waals surface area contributed by atoms with Gasteiger partial charge in [0.25, 0.3) is 0 Å². The molecule has 3 aromatic rings. The van der Waals surface area contributed by atoms with Crippen LogP contribution < -0.4 is 4.74 Å². The molecule has 0 atom stereocenters. The van der Waals surface area contributed by atoms with Crippen LogP contribution in [0.15, 0.2) is 47.6 Å². The number of nitrogens with zero attached hydrogens (tertiary/aromatic N) is 1. The van der Waals surface area contributed by atoms with Crippen LogP contribution in [0, 0.1) is 5.82 Å². The lowest BCUT2D eigenvalue weighted by Gasteiger charge is -2.04. The number of nitrogens with one attached hydrogen (secondary N) is 1. The van der Waals surface area contributed by atoms with Gasteiger partial charge in [-0.1, -0.05) is 23.9 Å². The summed E-state index contributed by atoms with van der Waals surface area (Å²) in [6.45, 7) is 0. The van der Waals surface area contributed by atoms with Crippen molar-refractivity contribution in [3.05, 3.63) is 53.8 Å². The van der Waals surface area contributed by atoms with Crippen LogP contribution in [0.25, 0.3) is 11.0 Å². The molecule has 1 aromatic heterocycles. The van der Waals surface area contributed by atoms with E-state index in [-0.39, 0.29) is 17.1 Å². The predicted molar refractivity (Wildman–Crippen MR) is 84.1 cm³/mol. The summed E-state index contributed by atoms with van der Waals surface area (Å²) in [4.78, 5) is 19.6. The average molecular weight is 316 g/mol. The number of Topliss-reactive ketones (excluding diaryl/α,β-unsaturated/α-hetero) is 1. The first-order chi connectivity index (χ1) is 10.7. The molecule has 0 saturated heterocycles. The van der Waals surface area contributed by atoms with E-state index in [1.807, 2.05) is 24.3 Å². The number of hydrogen-bond donors (Lipinski definition) is 1. The molecule has 1 heterocycles. The standard InChI is InChI=1S/C16H13FN2O2S/c1-21-10-6-7-11(12(17)8-10)15(20)9-22-16-18-13-4-2-3-5-14(13)19-16/h2-8H,9H2,1H3,(H,18,19). The zero-order valence-electron chi connectivity index (χ0n) is 11.8. The molecular weight excluding hydrogens is 303 g/mol. The molecule has 4 nitrogen and oxygen atoms in total. The Hall–Kier alpha value is -2.34. The van der Waals surface area contributed by atoms with Gasteiger partial charge in [0.2, 0.25) is 0 Å². The number of H-pyrrole nitrogens is 1. The number of benzene rings is 2. The van der Waals surface area contributed by atoms with Crippen molar-refractivity contribution in [2.24, 2.45) is 0 Å².